The van der Waals surface area contributed by atoms with E-state index < -0.39 is 0 Å². The van der Waals surface area contributed by atoms with Gasteiger partial charge in [-0.2, -0.15) is 5.10 Å². The summed E-state index contributed by atoms with van der Waals surface area (Å²) < 4.78 is 1.66. The van der Waals surface area contributed by atoms with Crippen molar-refractivity contribution in [3.63, 3.8) is 0 Å². The molecule has 2 heterocycles. The second-order valence-electron chi connectivity index (χ2n) is 3.20. The first kappa shape index (κ1) is 11.5. The van der Waals surface area contributed by atoms with Crippen molar-refractivity contribution < 1.29 is 0 Å². The Balaban J connectivity index is 2.15. The Morgan fingerprint density at radius 1 is 1.47 bits per heavy atom. The van der Waals surface area contributed by atoms with E-state index >= 15 is 0 Å². The minimum Gasteiger partial charge on any atom is -0.363 e. The fourth-order valence-corrected chi connectivity index (χ4v) is 1.52. The lowest BCUT2D eigenvalue weighted by Crippen LogP contribution is -2.28. The molecule has 0 saturated carbocycles. The van der Waals surface area contributed by atoms with Crippen LogP contribution in [0.4, 0.5) is 5.82 Å². The fourth-order valence-electron chi connectivity index (χ4n) is 1.27. The predicted molar refractivity (Wildman–Crippen MR) is 69.1 cm³/mol. The average Bonchev–Trinajstić information content (AvgIpc) is 2.83. The first-order valence-corrected chi connectivity index (χ1v) is 5.57. The molecule has 0 spiro atoms. The third-order valence-electron chi connectivity index (χ3n) is 1.97. The van der Waals surface area contributed by atoms with Crippen molar-refractivity contribution in [1.29, 1.82) is 0 Å². The van der Waals surface area contributed by atoms with Gasteiger partial charge >= 0.3 is 0 Å². The minimum atomic E-state index is 0.539. The molecule has 0 radical (unpaired) electrons. The van der Waals surface area contributed by atoms with Crippen LogP contribution in [0.3, 0.4) is 0 Å². The molecule has 17 heavy (non-hydrogen) atoms. The first-order chi connectivity index (χ1) is 8.29. The molecule has 2 aromatic heterocycles. The van der Waals surface area contributed by atoms with Gasteiger partial charge in [0.2, 0.25) is 0 Å². The SMILES string of the molecule is CCNC(=S)Nc1cc(-n2cccn2)ncn1. The van der Waals surface area contributed by atoms with Crippen molar-refractivity contribution >= 4 is 23.1 Å². The zero-order chi connectivity index (χ0) is 12.1. The average molecular weight is 248 g/mol. The Hall–Kier alpha value is -2.02. The predicted octanol–water partition coefficient (Wildman–Crippen LogP) is 0.969. The second-order valence-corrected chi connectivity index (χ2v) is 3.60. The summed E-state index contributed by atoms with van der Waals surface area (Å²) in [6.45, 7) is 2.74. The molecule has 7 heteroatoms. The number of aromatic nitrogens is 4. The van der Waals surface area contributed by atoms with Crippen LogP contribution >= 0.6 is 12.2 Å². The van der Waals surface area contributed by atoms with Gasteiger partial charge in [-0.25, -0.2) is 14.6 Å². The molecule has 2 aromatic rings. The summed E-state index contributed by atoms with van der Waals surface area (Å²) in [6.07, 6.45) is 4.97. The number of anilines is 1. The molecule has 88 valence electrons. The van der Waals surface area contributed by atoms with Crippen molar-refractivity contribution in [3.8, 4) is 5.82 Å². The number of nitrogens with one attached hydrogen (secondary N) is 2. The Bertz CT molecular complexity index is 495. The van der Waals surface area contributed by atoms with Crippen molar-refractivity contribution in [2.24, 2.45) is 0 Å². The number of rotatable bonds is 3. The molecule has 0 bridgehead atoms. The van der Waals surface area contributed by atoms with E-state index in [0.717, 1.165) is 6.54 Å². The summed E-state index contributed by atoms with van der Waals surface area (Å²) in [5.41, 5.74) is 0. The third-order valence-corrected chi connectivity index (χ3v) is 2.22. The van der Waals surface area contributed by atoms with Crippen LogP contribution in [0.1, 0.15) is 6.92 Å². The summed E-state index contributed by atoms with van der Waals surface area (Å²) in [5.74, 6) is 1.32. The molecule has 2 rings (SSSR count). The third kappa shape index (κ3) is 2.97. The molecule has 0 aliphatic carbocycles. The van der Waals surface area contributed by atoms with Crippen LogP contribution in [0.25, 0.3) is 5.82 Å². The highest BCUT2D eigenvalue weighted by Gasteiger charge is 2.02. The Morgan fingerprint density at radius 3 is 3.06 bits per heavy atom. The van der Waals surface area contributed by atoms with E-state index in [-0.39, 0.29) is 0 Å². The van der Waals surface area contributed by atoms with Gasteiger partial charge in [0.05, 0.1) is 0 Å². The van der Waals surface area contributed by atoms with Gasteiger partial charge in [-0.15, -0.1) is 0 Å². The molecule has 0 aliphatic heterocycles. The van der Waals surface area contributed by atoms with Crippen LogP contribution in [0.5, 0.6) is 0 Å². The van der Waals surface area contributed by atoms with Crippen molar-refractivity contribution in [2.75, 3.05) is 11.9 Å². The quantitative estimate of drug-likeness (QED) is 0.789. The largest absolute Gasteiger partial charge is 0.363 e. The maximum absolute atomic E-state index is 5.07. The maximum Gasteiger partial charge on any atom is 0.171 e. The summed E-state index contributed by atoms with van der Waals surface area (Å²) in [4.78, 5) is 8.20. The Kier molecular flexibility index (Phi) is 3.61. The molecule has 0 fully saturated rings. The monoisotopic (exact) mass is 248 g/mol. The van der Waals surface area contributed by atoms with Crippen molar-refractivity contribution in [1.82, 2.24) is 25.1 Å². The van der Waals surface area contributed by atoms with Gasteiger partial charge in [0.25, 0.3) is 0 Å². The van der Waals surface area contributed by atoms with Crippen LogP contribution in [-0.2, 0) is 0 Å². The normalized spacial score (nSPS) is 9.94. The zero-order valence-electron chi connectivity index (χ0n) is 9.29. The van der Waals surface area contributed by atoms with Gasteiger partial charge < -0.3 is 10.6 Å². The van der Waals surface area contributed by atoms with Crippen LogP contribution in [0.15, 0.2) is 30.9 Å². The van der Waals surface area contributed by atoms with Crippen molar-refractivity contribution in [2.45, 2.75) is 6.92 Å². The van der Waals surface area contributed by atoms with Gasteiger partial charge in [0.15, 0.2) is 10.9 Å². The maximum atomic E-state index is 5.07. The highest BCUT2D eigenvalue weighted by molar-refractivity contribution is 7.80. The van der Waals surface area contributed by atoms with Crippen LogP contribution in [0.2, 0.25) is 0 Å². The summed E-state index contributed by atoms with van der Waals surface area (Å²) in [5, 5.41) is 10.6. The van der Waals surface area contributed by atoms with Gasteiger partial charge in [-0.1, -0.05) is 0 Å². The van der Waals surface area contributed by atoms with Crippen LogP contribution in [0, 0.1) is 0 Å². The summed E-state index contributed by atoms with van der Waals surface area (Å²) in [7, 11) is 0. The number of nitrogens with zero attached hydrogens (tertiary/aromatic N) is 4. The van der Waals surface area contributed by atoms with E-state index in [4.69, 9.17) is 12.2 Å². The number of thiocarbonyl (C=S) groups is 1. The summed E-state index contributed by atoms with van der Waals surface area (Å²) in [6, 6.07) is 3.61. The standard InChI is InChI=1S/C10H12N6S/c1-2-11-10(17)15-8-6-9(13-7-12-8)16-5-3-4-14-16/h3-7H,2H2,1H3,(H2,11,12,13,15,17). The molecular formula is C10H12N6S. The topological polar surface area (TPSA) is 67.7 Å². The fraction of sp³-hybridized carbons (Fsp3) is 0.200. The van der Waals surface area contributed by atoms with Gasteiger partial charge in [0, 0.05) is 25.0 Å². The number of hydrogen-bond donors (Lipinski definition) is 2. The van der Waals surface area contributed by atoms with Gasteiger partial charge in [-0.05, 0) is 25.2 Å². The molecule has 2 N–H and O–H groups in total. The molecule has 0 amide bonds. The van der Waals surface area contributed by atoms with E-state index in [9.17, 15) is 0 Å². The zero-order valence-corrected chi connectivity index (χ0v) is 10.1. The molecule has 0 atom stereocenters. The molecular weight excluding hydrogens is 236 g/mol. The number of hydrogen-bond acceptors (Lipinski definition) is 4. The van der Waals surface area contributed by atoms with Crippen LogP contribution in [-0.4, -0.2) is 31.4 Å². The van der Waals surface area contributed by atoms with Gasteiger partial charge in [0.1, 0.15) is 12.1 Å². The molecule has 6 nitrogen and oxygen atoms in total. The van der Waals surface area contributed by atoms with Crippen molar-refractivity contribution in [3.05, 3.63) is 30.9 Å². The minimum absolute atomic E-state index is 0.539. The van der Waals surface area contributed by atoms with E-state index in [0.29, 0.717) is 16.7 Å². The Morgan fingerprint density at radius 2 is 2.35 bits per heavy atom. The lowest BCUT2D eigenvalue weighted by Gasteiger charge is -2.08. The molecule has 0 unspecified atom stereocenters. The second kappa shape index (κ2) is 5.35. The van der Waals surface area contributed by atoms with E-state index in [2.05, 4.69) is 25.7 Å². The van der Waals surface area contributed by atoms with E-state index in [1.807, 2.05) is 19.2 Å². The van der Waals surface area contributed by atoms with E-state index in [1.54, 1.807) is 16.9 Å². The first-order valence-electron chi connectivity index (χ1n) is 5.16. The molecule has 0 saturated heterocycles. The lowest BCUT2D eigenvalue weighted by molar-refractivity contribution is 0.840. The van der Waals surface area contributed by atoms with E-state index in [1.165, 1.54) is 6.33 Å². The van der Waals surface area contributed by atoms with Gasteiger partial charge in [-0.3, -0.25) is 0 Å². The molecule has 0 aromatic carbocycles. The highest BCUT2D eigenvalue weighted by Crippen LogP contribution is 2.07. The highest BCUT2D eigenvalue weighted by atomic mass is 32.1. The Labute approximate surface area is 104 Å². The lowest BCUT2D eigenvalue weighted by atomic mass is 10.5. The van der Waals surface area contributed by atoms with Crippen LogP contribution < -0.4 is 10.6 Å². The summed E-state index contributed by atoms with van der Waals surface area (Å²) >= 11 is 5.07. The smallest absolute Gasteiger partial charge is 0.171 e. The molecule has 0 aliphatic rings.